The Morgan fingerprint density at radius 1 is 1.12 bits per heavy atom. The summed E-state index contributed by atoms with van der Waals surface area (Å²) in [4.78, 5) is 28.0. The minimum atomic E-state index is -0.407. The number of hydrogen-bond donors (Lipinski definition) is 1. The lowest BCUT2D eigenvalue weighted by molar-refractivity contribution is -0.156. The maximum absolute atomic E-state index is 12.2. The van der Waals surface area contributed by atoms with Gasteiger partial charge >= 0.3 is 5.97 Å². The predicted molar refractivity (Wildman–Crippen MR) is 98.2 cm³/mol. The summed E-state index contributed by atoms with van der Waals surface area (Å²) in [5.41, 5.74) is -0.407. The first-order chi connectivity index (χ1) is 11.7. The van der Waals surface area contributed by atoms with Gasteiger partial charge in [0.15, 0.2) is 0 Å². The topological polar surface area (TPSA) is 61.9 Å². The molecule has 25 heavy (non-hydrogen) atoms. The number of ether oxygens (including phenoxy) is 1. The highest BCUT2D eigenvalue weighted by Gasteiger charge is 2.29. The highest BCUT2D eigenvalue weighted by molar-refractivity contribution is 5.73. The minimum absolute atomic E-state index is 0.0699. The molecule has 144 valence electrons. The third-order valence-electron chi connectivity index (χ3n) is 5.25. The van der Waals surface area contributed by atoms with Crippen molar-refractivity contribution in [1.29, 1.82) is 0 Å². The number of hydrogen-bond acceptors (Lipinski definition) is 5. The normalized spacial score (nSPS) is 25.7. The van der Waals surface area contributed by atoms with Crippen LogP contribution in [-0.4, -0.2) is 73.1 Å². The van der Waals surface area contributed by atoms with Gasteiger partial charge in [-0.1, -0.05) is 0 Å². The van der Waals surface area contributed by atoms with Gasteiger partial charge in [-0.2, -0.15) is 0 Å². The second-order valence-electron chi connectivity index (χ2n) is 8.44. The van der Waals surface area contributed by atoms with Crippen LogP contribution in [0.1, 0.15) is 47.0 Å². The van der Waals surface area contributed by atoms with Crippen molar-refractivity contribution >= 4 is 11.9 Å². The fourth-order valence-electron chi connectivity index (χ4n) is 3.82. The number of carbonyl (C=O) groups is 2. The number of piperazine rings is 1. The molecule has 0 spiro atoms. The smallest absolute Gasteiger partial charge is 0.306 e. The molecule has 0 aliphatic carbocycles. The van der Waals surface area contributed by atoms with Gasteiger partial charge in [0.05, 0.1) is 0 Å². The molecule has 0 bridgehead atoms. The van der Waals surface area contributed by atoms with E-state index in [4.69, 9.17) is 4.74 Å². The van der Waals surface area contributed by atoms with Crippen LogP contribution >= 0.6 is 0 Å². The monoisotopic (exact) mass is 353 g/mol. The molecule has 0 aromatic rings. The fraction of sp³-hybridized carbons (Fsp3) is 0.895. The summed E-state index contributed by atoms with van der Waals surface area (Å²) in [6, 6.07) is 0. The molecule has 2 saturated heterocycles. The first-order valence-electron chi connectivity index (χ1n) is 9.65. The van der Waals surface area contributed by atoms with Crippen molar-refractivity contribution in [3.63, 3.8) is 0 Å². The molecule has 2 aliphatic rings. The molecule has 0 unspecified atom stereocenters. The second-order valence-corrected chi connectivity index (χ2v) is 8.44. The summed E-state index contributed by atoms with van der Waals surface area (Å²) >= 11 is 0. The third kappa shape index (κ3) is 6.94. The molecule has 2 aliphatic heterocycles. The van der Waals surface area contributed by atoms with Crippen molar-refractivity contribution < 1.29 is 14.3 Å². The van der Waals surface area contributed by atoms with Gasteiger partial charge in [-0.05, 0) is 65.1 Å². The highest BCUT2D eigenvalue weighted by Crippen LogP contribution is 2.27. The third-order valence-corrected chi connectivity index (χ3v) is 5.25. The van der Waals surface area contributed by atoms with Gasteiger partial charge in [0, 0.05) is 39.5 Å². The quantitative estimate of drug-likeness (QED) is 0.759. The molecule has 1 amide bonds. The number of amides is 1. The van der Waals surface area contributed by atoms with Gasteiger partial charge in [0.2, 0.25) is 5.91 Å². The average Bonchev–Trinajstić information content (AvgIpc) is 2.52. The maximum atomic E-state index is 12.2. The zero-order valence-electron chi connectivity index (χ0n) is 16.3. The summed E-state index contributed by atoms with van der Waals surface area (Å²) in [6.07, 6.45) is 2.67. The number of piperidine rings is 1. The van der Waals surface area contributed by atoms with Gasteiger partial charge in [-0.15, -0.1) is 0 Å². The lowest BCUT2D eigenvalue weighted by Crippen LogP contribution is -2.49. The lowest BCUT2D eigenvalue weighted by Gasteiger charge is -2.37. The van der Waals surface area contributed by atoms with E-state index in [1.165, 1.54) is 0 Å². The van der Waals surface area contributed by atoms with Gasteiger partial charge < -0.3 is 15.0 Å². The highest BCUT2D eigenvalue weighted by atomic mass is 16.6. The van der Waals surface area contributed by atoms with Crippen LogP contribution in [0.5, 0.6) is 0 Å². The maximum Gasteiger partial charge on any atom is 0.306 e. The fourth-order valence-corrected chi connectivity index (χ4v) is 3.82. The molecule has 2 heterocycles. The summed E-state index contributed by atoms with van der Waals surface area (Å²) in [6.45, 7) is 14.0. The van der Waals surface area contributed by atoms with E-state index in [0.29, 0.717) is 18.3 Å². The van der Waals surface area contributed by atoms with E-state index in [0.717, 1.165) is 58.7 Å². The van der Waals surface area contributed by atoms with E-state index in [1.54, 1.807) is 6.92 Å². The Morgan fingerprint density at radius 2 is 1.80 bits per heavy atom. The van der Waals surface area contributed by atoms with Crippen LogP contribution in [0.2, 0.25) is 0 Å². The molecule has 0 saturated carbocycles. The Balaban J connectivity index is 1.77. The van der Waals surface area contributed by atoms with Crippen molar-refractivity contribution in [3.05, 3.63) is 0 Å². The van der Waals surface area contributed by atoms with Crippen LogP contribution in [0.3, 0.4) is 0 Å². The SMILES string of the molecule is CC(=O)N1CCN(CC[C@H]2CNCC[C@H]2CC(=O)OC(C)(C)C)CC1. The van der Waals surface area contributed by atoms with Gasteiger partial charge in [0.1, 0.15) is 5.60 Å². The van der Waals surface area contributed by atoms with Gasteiger partial charge in [-0.3, -0.25) is 14.5 Å². The van der Waals surface area contributed by atoms with E-state index in [1.807, 2.05) is 25.7 Å². The zero-order valence-corrected chi connectivity index (χ0v) is 16.3. The Bertz CT molecular complexity index is 453. The Kier molecular flexibility index (Phi) is 7.25. The molecule has 2 atom stereocenters. The molecule has 0 aromatic heterocycles. The van der Waals surface area contributed by atoms with E-state index < -0.39 is 5.60 Å². The van der Waals surface area contributed by atoms with E-state index in [-0.39, 0.29) is 11.9 Å². The summed E-state index contributed by atoms with van der Waals surface area (Å²) in [5, 5.41) is 3.47. The van der Waals surface area contributed by atoms with Crippen LogP contribution in [0, 0.1) is 11.8 Å². The van der Waals surface area contributed by atoms with Crippen LogP contribution in [0.25, 0.3) is 0 Å². The molecule has 6 nitrogen and oxygen atoms in total. The molecular weight excluding hydrogens is 318 g/mol. The molecule has 2 fully saturated rings. The Hall–Kier alpha value is -1.14. The van der Waals surface area contributed by atoms with Crippen molar-refractivity contribution in [2.45, 2.75) is 52.6 Å². The summed E-state index contributed by atoms with van der Waals surface area (Å²) in [5.74, 6) is 1.04. The van der Waals surface area contributed by atoms with Crippen LogP contribution < -0.4 is 5.32 Å². The summed E-state index contributed by atoms with van der Waals surface area (Å²) < 4.78 is 5.51. The summed E-state index contributed by atoms with van der Waals surface area (Å²) in [7, 11) is 0. The number of esters is 1. The van der Waals surface area contributed by atoms with Crippen LogP contribution in [-0.2, 0) is 14.3 Å². The van der Waals surface area contributed by atoms with Gasteiger partial charge in [-0.25, -0.2) is 0 Å². The van der Waals surface area contributed by atoms with Crippen molar-refractivity contribution in [3.8, 4) is 0 Å². The first kappa shape index (κ1) is 20.2. The Labute approximate surface area is 152 Å². The standard InChI is InChI=1S/C19H35N3O3/c1-15(23)22-11-9-21(10-12-22)8-6-17-14-20-7-5-16(17)13-18(24)25-19(2,3)4/h16-17,20H,5-14H2,1-4H3/t16-,17-/m0/s1. The zero-order chi connectivity index (χ0) is 18.4. The molecule has 0 aromatic carbocycles. The molecule has 0 radical (unpaired) electrons. The lowest BCUT2D eigenvalue weighted by atomic mass is 9.82. The van der Waals surface area contributed by atoms with Gasteiger partial charge in [0.25, 0.3) is 0 Å². The minimum Gasteiger partial charge on any atom is -0.460 e. The van der Waals surface area contributed by atoms with E-state index in [2.05, 4.69) is 10.2 Å². The van der Waals surface area contributed by atoms with Crippen LogP contribution in [0.4, 0.5) is 0 Å². The van der Waals surface area contributed by atoms with Crippen molar-refractivity contribution in [2.75, 3.05) is 45.8 Å². The van der Waals surface area contributed by atoms with Crippen molar-refractivity contribution in [1.82, 2.24) is 15.1 Å². The molecular formula is C19H35N3O3. The Morgan fingerprint density at radius 3 is 2.40 bits per heavy atom. The second kappa shape index (κ2) is 8.99. The predicted octanol–water partition coefficient (Wildman–Crippen LogP) is 1.50. The molecule has 6 heteroatoms. The largest absolute Gasteiger partial charge is 0.460 e. The van der Waals surface area contributed by atoms with E-state index in [9.17, 15) is 9.59 Å². The number of nitrogens with zero attached hydrogens (tertiary/aromatic N) is 2. The first-order valence-corrected chi connectivity index (χ1v) is 9.65. The van der Waals surface area contributed by atoms with E-state index >= 15 is 0 Å². The van der Waals surface area contributed by atoms with Crippen molar-refractivity contribution in [2.24, 2.45) is 11.8 Å². The number of carbonyl (C=O) groups excluding carboxylic acids is 2. The number of rotatable bonds is 5. The van der Waals surface area contributed by atoms with Crippen LogP contribution in [0.15, 0.2) is 0 Å². The average molecular weight is 354 g/mol. The molecule has 1 N–H and O–H groups in total. The number of nitrogens with one attached hydrogen (secondary N) is 1. The molecule has 2 rings (SSSR count).